The van der Waals surface area contributed by atoms with Crippen LogP contribution in [0, 0.1) is 0 Å². The number of sulfonamides is 1. The molecule has 0 atom stereocenters. The molecule has 3 rings (SSSR count). The lowest BCUT2D eigenvalue weighted by Gasteiger charge is -2.03. The van der Waals surface area contributed by atoms with Crippen LogP contribution in [0.4, 0.5) is 0 Å². The van der Waals surface area contributed by atoms with Gasteiger partial charge in [-0.2, -0.15) is 0 Å². The number of aromatic nitrogens is 2. The summed E-state index contributed by atoms with van der Waals surface area (Å²) in [7, 11) is -3.85. The molecule has 1 aromatic carbocycles. The van der Waals surface area contributed by atoms with Crippen LogP contribution in [0.3, 0.4) is 0 Å². The average molecular weight is 335 g/mol. The standard InChI is InChI=1S/C13H9N3O4S2/c14-22(18,19)13-16-10-2-1-9(7-11(10)21-13)20-12(17)8-3-5-15-6-4-8/h1-7H,(H2,14,18,19). The number of hydrogen-bond donors (Lipinski definition) is 1. The zero-order valence-corrected chi connectivity index (χ0v) is 12.6. The van der Waals surface area contributed by atoms with Gasteiger partial charge in [-0.25, -0.2) is 23.3 Å². The molecule has 2 N–H and O–H groups in total. The molecule has 22 heavy (non-hydrogen) atoms. The van der Waals surface area contributed by atoms with Crippen molar-refractivity contribution in [3.63, 3.8) is 0 Å². The Morgan fingerprint density at radius 1 is 1.18 bits per heavy atom. The number of nitrogens with two attached hydrogens (primary N) is 1. The van der Waals surface area contributed by atoms with E-state index >= 15 is 0 Å². The van der Waals surface area contributed by atoms with Gasteiger partial charge in [-0.1, -0.05) is 0 Å². The van der Waals surface area contributed by atoms with E-state index < -0.39 is 16.0 Å². The normalized spacial score (nSPS) is 11.5. The predicted molar refractivity (Wildman–Crippen MR) is 80.2 cm³/mol. The van der Waals surface area contributed by atoms with Crippen molar-refractivity contribution >= 4 is 37.5 Å². The molecule has 0 saturated carbocycles. The van der Waals surface area contributed by atoms with Crippen molar-refractivity contribution in [1.82, 2.24) is 9.97 Å². The number of thiazole rings is 1. The summed E-state index contributed by atoms with van der Waals surface area (Å²) in [6.07, 6.45) is 2.97. The van der Waals surface area contributed by atoms with Crippen LogP contribution in [-0.4, -0.2) is 24.4 Å². The SMILES string of the molecule is NS(=O)(=O)c1nc2ccc(OC(=O)c3ccncc3)cc2s1. The first-order valence-corrected chi connectivity index (χ1v) is 8.35. The second kappa shape index (κ2) is 5.44. The van der Waals surface area contributed by atoms with Crippen LogP contribution in [0.15, 0.2) is 47.1 Å². The minimum atomic E-state index is -3.85. The number of ether oxygens (including phenoxy) is 1. The highest BCUT2D eigenvalue weighted by Crippen LogP contribution is 2.28. The van der Waals surface area contributed by atoms with Crippen LogP contribution < -0.4 is 9.88 Å². The number of fused-ring (bicyclic) bond motifs is 1. The lowest BCUT2D eigenvalue weighted by Crippen LogP contribution is -2.11. The van der Waals surface area contributed by atoms with E-state index in [1.54, 1.807) is 12.1 Å². The van der Waals surface area contributed by atoms with Crippen molar-refractivity contribution in [2.24, 2.45) is 5.14 Å². The highest BCUT2D eigenvalue weighted by molar-refractivity contribution is 7.91. The van der Waals surface area contributed by atoms with Crippen LogP contribution in [0.25, 0.3) is 10.2 Å². The lowest BCUT2D eigenvalue weighted by atomic mass is 10.3. The number of primary sulfonamides is 1. The van der Waals surface area contributed by atoms with Gasteiger partial charge in [-0.15, -0.1) is 11.3 Å². The number of carbonyl (C=O) groups is 1. The first-order valence-electron chi connectivity index (χ1n) is 5.99. The maximum absolute atomic E-state index is 11.9. The number of rotatable bonds is 3. The summed E-state index contributed by atoms with van der Waals surface area (Å²) in [6, 6.07) is 7.71. The number of pyridine rings is 1. The first kappa shape index (κ1) is 14.6. The largest absolute Gasteiger partial charge is 0.423 e. The Morgan fingerprint density at radius 2 is 1.91 bits per heavy atom. The Balaban J connectivity index is 1.91. The molecule has 0 unspecified atom stereocenters. The Labute approximate surface area is 129 Å². The molecule has 0 saturated heterocycles. The van der Waals surface area contributed by atoms with Crippen molar-refractivity contribution < 1.29 is 17.9 Å². The van der Waals surface area contributed by atoms with Crippen molar-refractivity contribution in [3.8, 4) is 5.75 Å². The van der Waals surface area contributed by atoms with Gasteiger partial charge >= 0.3 is 5.97 Å². The minimum Gasteiger partial charge on any atom is -0.423 e. The van der Waals surface area contributed by atoms with Gasteiger partial charge in [-0.3, -0.25) is 4.98 Å². The molecule has 3 aromatic rings. The van der Waals surface area contributed by atoms with E-state index in [1.807, 2.05) is 0 Å². The Bertz CT molecular complexity index is 952. The summed E-state index contributed by atoms with van der Waals surface area (Å²) >= 11 is 0.916. The summed E-state index contributed by atoms with van der Waals surface area (Å²) in [5.74, 6) is -0.239. The van der Waals surface area contributed by atoms with Crippen molar-refractivity contribution in [1.29, 1.82) is 0 Å². The fourth-order valence-electron chi connectivity index (χ4n) is 1.72. The van der Waals surface area contributed by atoms with E-state index in [0.29, 0.717) is 21.5 Å². The second-order valence-electron chi connectivity index (χ2n) is 4.28. The first-order chi connectivity index (χ1) is 10.4. The zero-order chi connectivity index (χ0) is 15.7. The molecule has 0 aliphatic heterocycles. The topological polar surface area (TPSA) is 112 Å². The quantitative estimate of drug-likeness (QED) is 0.574. The highest BCUT2D eigenvalue weighted by atomic mass is 32.2. The van der Waals surface area contributed by atoms with Gasteiger partial charge in [0.05, 0.1) is 15.8 Å². The molecule has 0 aliphatic rings. The van der Waals surface area contributed by atoms with Crippen LogP contribution in [-0.2, 0) is 10.0 Å². The van der Waals surface area contributed by atoms with Crippen molar-refractivity contribution in [2.45, 2.75) is 4.34 Å². The average Bonchev–Trinajstić information content (AvgIpc) is 2.91. The minimum absolute atomic E-state index is 0.180. The third-order valence-corrected chi connectivity index (χ3v) is 5.05. The van der Waals surface area contributed by atoms with Crippen molar-refractivity contribution in [2.75, 3.05) is 0 Å². The van der Waals surface area contributed by atoms with Crippen LogP contribution in [0.1, 0.15) is 10.4 Å². The molecular weight excluding hydrogens is 326 g/mol. The van der Waals surface area contributed by atoms with Gasteiger partial charge < -0.3 is 4.74 Å². The van der Waals surface area contributed by atoms with Gasteiger partial charge in [-0.05, 0) is 24.3 Å². The molecule has 0 amide bonds. The van der Waals surface area contributed by atoms with E-state index in [4.69, 9.17) is 9.88 Å². The molecule has 2 heterocycles. The third kappa shape index (κ3) is 2.96. The van der Waals surface area contributed by atoms with E-state index in [1.165, 1.54) is 30.6 Å². The molecule has 112 valence electrons. The van der Waals surface area contributed by atoms with Gasteiger partial charge in [0.25, 0.3) is 10.0 Å². The molecule has 0 fully saturated rings. The fourth-order valence-corrected chi connectivity index (χ4v) is 3.41. The van der Waals surface area contributed by atoms with E-state index in [2.05, 4.69) is 9.97 Å². The van der Waals surface area contributed by atoms with E-state index in [0.717, 1.165) is 11.3 Å². The van der Waals surface area contributed by atoms with E-state index in [-0.39, 0.29) is 4.34 Å². The zero-order valence-electron chi connectivity index (χ0n) is 11.0. The molecule has 0 radical (unpaired) electrons. The van der Waals surface area contributed by atoms with Gasteiger partial charge in [0.1, 0.15) is 5.75 Å². The van der Waals surface area contributed by atoms with Crippen LogP contribution in [0.2, 0.25) is 0 Å². The Morgan fingerprint density at radius 3 is 2.59 bits per heavy atom. The molecule has 7 nitrogen and oxygen atoms in total. The van der Waals surface area contributed by atoms with Crippen LogP contribution in [0.5, 0.6) is 5.75 Å². The number of nitrogens with zero attached hydrogens (tertiary/aromatic N) is 2. The predicted octanol–water partition coefficient (Wildman–Crippen LogP) is 1.56. The Hall–Kier alpha value is -2.36. The maximum atomic E-state index is 11.9. The number of esters is 1. The molecule has 2 aromatic heterocycles. The summed E-state index contributed by atoms with van der Waals surface area (Å²) in [5.41, 5.74) is 0.836. The van der Waals surface area contributed by atoms with Gasteiger partial charge in [0, 0.05) is 18.5 Å². The number of benzene rings is 1. The summed E-state index contributed by atoms with van der Waals surface area (Å²) < 4.78 is 28.2. The van der Waals surface area contributed by atoms with Gasteiger partial charge in [0.2, 0.25) is 4.34 Å². The molecule has 0 bridgehead atoms. The summed E-state index contributed by atoms with van der Waals surface area (Å²) in [4.78, 5) is 19.7. The molecule has 9 heteroatoms. The number of carbonyl (C=O) groups excluding carboxylic acids is 1. The molecular formula is C13H9N3O4S2. The smallest absolute Gasteiger partial charge is 0.343 e. The lowest BCUT2D eigenvalue weighted by molar-refractivity contribution is 0.0735. The summed E-state index contributed by atoms with van der Waals surface area (Å²) in [5, 5.41) is 5.04. The third-order valence-electron chi connectivity index (χ3n) is 2.71. The molecule has 0 spiro atoms. The van der Waals surface area contributed by atoms with Crippen molar-refractivity contribution in [3.05, 3.63) is 48.3 Å². The maximum Gasteiger partial charge on any atom is 0.343 e. The van der Waals surface area contributed by atoms with E-state index in [9.17, 15) is 13.2 Å². The molecule has 0 aliphatic carbocycles. The fraction of sp³-hybridized carbons (Fsp3) is 0. The second-order valence-corrected chi connectivity index (χ2v) is 7.05. The highest BCUT2D eigenvalue weighted by Gasteiger charge is 2.15. The van der Waals surface area contributed by atoms with Gasteiger partial charge in [0.15, 0.2) is 0 Å². The Kier molecular flexibility index (Phi) is 3.61. The summed E-state index contributed by atoms with van der Waals surface area (Å²) in [6.45, 7) is 0. The van der Waals surface area contributed by atoms with Crippen LogP contribution >= 0.6 is 11.3 Å². The number of hydrogen-bond acceptors (Lipinski definition) is 7. The monoisotopic (exact) mass is 335 g/mol.